The van der Waals surface area contributed by atoms with Crippen LogP contribution >= 0.6 is 0 Å². The van der Waals surface area contributed by atoms with E-state index >= 15 is 0 Å². The summed E-state index contributed by atoms with van der Waals surface area (Å²) in [5, 5.41) is 0. The summed E-state index contributed by atoms with van der Waals surface area (Å²) in [5.74, 6) is 1.83. The Hall–Kier alpha value is -2.41. The van der Waals surface area contributed by atoms with Crippen LogP contribution in [0.4, 0.5) is 0 Å². The lowest BCUT2D eigenvalue weighted by Gasteiger charge is -2.36. The molecule has 126 valence electrons. The van der Waals surface area contributed by atoms with E-state index < -0.39 is 0 Å². The highest BCUT2D eigenvalue weighted by molar-refractivity contribution is 5.77. The Labute approximate surface area is 139 Å². The predicted molar refractivity (Wildman–Crippen MR) is 91.6 cm³/mol. The van der Waals surface area contributed by atoms with Crippen LogP contribution in [0, 0.1) is 5.92 Å². The van der Waals surface area contributed by atoms with Crippen molar-refractivity contribution < 1.29 is 4.79 Å². The van der Waals surface area contributed by atoms with Crippen LogP contribution < -0.4 is 5.73 Å². The SMILES string of the molecule is CC1CCN(C(=O)CCN)CC1c1ncc2cnc3[nH]ccc3n12. The van der Waals surface area contributed by atoms with Gasteiger partial charge < -0.3 is 15.6 Å². The minimum Gasteiger partial charge on any atom is -0.345 e. The number of hydrogen-bond donors (Lipinski definition) is 2. The highest BCUT2D eigenvalue weighted by atomic mass is 16.2. The second-order valence-electron chi connectivity index (χ2n) is 6.60. The Kier molecular flexibility index (Phi) is 3.72. The van der Waals surface area contributed by atoms with Gasteiger partial charge in [-0.15, -0.1) is 0 Å². The molecule has 3 N–H and O–H groups in total. The molecule has 0 radical (unpaired) electrons. The molecule has 4 rings (SSSR count). The minimum absolute atomic E-state index is 0.142. The molecule has 0 spiro atoms. The molecule has 2 atom stereocenters. The van der Waals surface area contributed by atoms with Crippen molar-refractivity contribution in [3.05, 3.63) is 30.5 Å². The number of nitrogens with one attached hydrogen (secondary N) is 1. The monoisotopic (exact) mass is 326 g/mol. The fourth-order valence-corrected chi connectivity index (χ4v) is 3.68. The zero-order valence-corrected chi connectivity index (χ0v) is 13.8. The van der Waals surface area contributed by atoms with Crippen LogP contribution in [-0.4, -0.2) is 49.8 Å². The first-order chi connectivity index (χ1) is 11.7. The maximum absolute atomic E-state index is 12.3. The zero-order valence-electron chi connectivity index (χ0n) is 13.8. The molecule has 24 heavy (non-hydrogen) atoms. The highest BCUT2D eigenvalue weighted by Gasteiger charge is 2.32. The van der Waals surface area contributed by atoms with E-state index in [0.29, 0.717) is 25.4 Å². The van der Waals surface area contributed by atoms with Crippen molar-refractivity contribution >= 4 is 22.6 Å². The topological polar surface area (TPSA) is 92.3 Å². The van der Waals surface area contributed by atoms with Gasteiger partial charge in [0.2, 0.25) is 5.91 Å². The van der Waals surface area contributed by atoms with Crippen LogP contribution in [0.3, 0.4) is 0 Å². The molecule has 7 nitrogen and oxygen atoms in total. The molecule has 1 saturated heterocycles. The average Bonchev–Trinajstić information content (AvgIpc) is 3.21. The summed E-state index contributed by atoms with van der Waals surface area (Å²) in [6.45, 7) is 4.15. The Morgan fingerprint density at radius 1 is 1.42 bits per heavy atom. The minimum atomic E-state index is 0.142. The number of aromatic amines is 1. The summed E-state index contributed by atoms with van der Waals surface area (Å²) in [6.07, 6.45) is 6.98. The number of aromatic nitrogens is 4. The van der Waals surface area contributed by atoms with Crippen molar-refractivity contribution in [3.63, 3.8) is 0 Å². The smallest absolute Gasteiger partial charge is 0.223 e. The van der Waals surface area contributed by atoms with E-state index in [1.165, 1.54) is 0 Å². The molecule has 7 heteroatoms. The fraction of sp³-hybridized carbons (Fsp3) is 0.471. The van der Waals surface area contributed by atoms with Crippen molar-refractivity contribution in [2.45, 2.75) is 25.7 Å². The summed E-state index contributed by atoms with van der Waals surface area (Å²) in [4.78, 5) is 26.5. The number of carbonyl (C=O) groups excluding carboxylic acids is 1. The first-order valence-electron chi connectivity index (χ1n) is 8.46. The largest absolute Gasteiger partial charge is 0.345 e. The molecule has 4 heterocycles. The van der Waals surface area contributed by atoms with Crippen LogP contribution in [0.1, 0.15) is 31.5 Å². The van der Waals surface area contributed by atoms with Crippen molar-refractivity contribution in [2.75, 3.05) is 19.6 Å². The van der Waals surface area contributed by atoms with E-state index in [-0.39, 0.29) is 11.8 Å². The number of fused-ring (bicyclic) bond motifs is 3. The standard InChI is InChI=1S/C17H22N6O/c1-11-4-7-22(15(24)2-5-18)10-13(11)17-21-9-12-8-20-16-14(23(12)17)3-6-19-16/h3,6,8-9,11,13,19H,2,4-5,7,10,18H2,1H3. The van der Waals surface area contributed by atoms with E-state index in [9.17, 15) is 4.79 Å². The van der Waals surface area contributed by atoms with Gasteiger partial charge in [0, 0.05) is 38.2 Å². The zero-order chi connectivity index (χ0) is 16.7. The number of likely N-dealkylation sites (tertiary alicyclic amines) is 1. The van der Waals surface area contributed by atoms with E-state index in [2.05, 4.69) is 26.3 Å². The first-order valence-corrected chi connectivity index (χ1v) is 8.46. The van der Waals surface area contributed by atoms with Crippen molar-refractivity contribution in [2.24, 2.45) is 11.7 Å². The van der Waals surface area contributed by atoms with Gasteiger partial charge in [0.15, 0.2) is 5.65 Å². The van der Waals surface area contributed by atoms with Gasteiger partial charge in [-0.1, -0.05) is 6.92 Å². The molecule has 3 aromatic rings. The molecule has 1 amide bonds. The van der Waals surface area contributed by atoms with Gasteiger partial charge in [-0.25, -0.2) is 9.97 Å². The Bertz CT molecular complexity index is 882. The van der Waals surface area contributed by atoms with Gasteiger partial charge in [0.05, 0.1) is 23.4 Å². The number of nitrogens with two attached hydrogens (primary N) is 1. The summed E-state index contributed by atoms with van der Waals surface area (Å²) in [5.41, 5.74) is 8.40. The molecule has 0 saturated carbocycles. The number of carbonyl (C=O) groups is 1. The number of hydrogen-bond acceptors (Lipinski definition) is 4. The van der Waals surface area contributed by atoms with Gasteiger partial charge >= 0.3 is 0 Å². The van der Waals surface area contributed by atoms with Gasteiger partial charge in [-0.05, 0) is 18.4 Å². The summed E-state index contributed by atoms with van der Waals surface area (Å²) in [6, 6.07) is 2.02. The van der Waals surface area contributed by atoms with Gasteiger partial charge in [-0.2, -0.15) is 0 Å². The summed E-state index contributed by atoms with van der Waals surface area (Å²) < 4.78 is 2.16. The fourth-order valence-electron chi connectivity index (χ4n) is 3.68. The average molecular weight is 326 g/mol. The van der Waals surface area contributed by atoms with E-state index in [0.717, 1.165) is 35.5 Å². The number of H-pyrrole nitrogens is 1. The number of piperidine rings is 1. The highest BCUT2D eigenvalue weighted by Crippen LogP contribution is 2.33. The van der Waals surface area contributed by atoms with Crippen LogP contribution in [0.25, 0.3) is 16.7 Å². The van der Waals surface area contributed by atoms with Gasteiger partial charge in [0.1, 0.15) is 5.82 Å². The molecule has 0 aromatic carbocycles. The van der Waals surface area contributed by atoms with Crippen molar-refractivity contribution in [1.29, 1.82) is 0 Å². The van der Waals surface area contributed by atoms with Crippen molar-refractivity contribution in [3.8, 4) is 0 Å². The van der Waals surface area contributed by atoms with Gasteiger partial charge in [0.25, 0.3) is 0 Å². The van der Waals surface area contributed by atoms with Crippen LogP contribution in [0.5, 0.6) is 0 Å². The quantitative estimate of drug-likeness (QED) is 0.763. The third kappa shape index (κ3) is 2.36. The lowest BCUT2D eigenvalue weighted by molar-refractivity contribution is -0.132. The number of amides is 1. The lowest BCUT2D eigenvalue weighted by Crippen LogP contribution is -2.43. The molecule has 1 fully saturated rings. The van der Waals surface area contributed by atoms with Crippen LogP contribution in [0.2, 0.25) is 0 Å². The van der Waals surface area contributed by atoms with E-state index in [4.69, 9.17) is 5.73 Å². The first kappa shape index (κ1) is 15.1. The summed E-state index contributed by atoms with van der Waals surface area (Å²) in [7, 11) is 0. The Balaban J connectivity index is 1.75. The summed E-state index contributed by atoms with van der Waals surface area (Å²) >= 11 is 0. The molecule has 1 aliphatic rings. The number of rotatable bonds is 3. The van der Waals surface area contributed by atoms with Crippen LogP contribution in [0.15, 0.2) is 24.7 Å². The van der Waals surface area contributed by atoms with E-state index in [1.54, 1.807) is 0 Å². The number of imidazole rings is 1. The molecule has 0 aliphatic carbocycles. The molecule has 0 bridgehead atoms. The van der Waals surface area contributed by atoms with Gasteiger partial charge in [-0.3, -0.25) is 9.20 Å². The maximum Gasteiger partial charge on any atom is 0.223 e. The second kappa shape index (κ2) is 5.90. The Morgan fingerprint density at radius 2 is 2.25 bits per heavy atom. The maximum atomic E-state index is 12.3. The third-order valence-corrected chi connectivity index (χ3v) is 5.09. The molecular weight excluding hydrogens is 304 g/mol. The number of nitrogens with zero attached hydrogens (tertiary/aromatic N) is 4. The molecule has 2 unspecified atom stereocenters. The molecule has 1 aliphatic heterocycles. The molecule has 3 aromatic heterocycles. The Morgan fingerprint density at radius 3 is 3.08 bits per heavy atom. The molecular formula is C17H22N6O. The van der Waals surface area contributed by atoms with Crippen LogP contribution in [-0.2, 0) is 4.79 Å². The predicted octanol–water partition coefficient (Wildman–Crippen LogP) is 1.51. The lowest BCUT2D eigenvalue weighted by atomic mass is 9.86. The van der Waals surface area contributed by atoms with E-state index in [1.807, 2.05) is 29.6 Å². The normalized spacial score (nSPS) is 21.7. The van der Waals surface area contributed by atoms with Crippen molar-refractivity contribution in [1.82, 2.24) is 24.3 Å². The second-order valence-corrected chi connectivity index (χ2v) is 6.60. The third-order valence-electron chi connectivity index (χ3n) is 5.09.